The van der Waals surface area contributed by atoms with Crippen LogP contribution in [0.2, 0.25) is 5.02 Å². The van der Waals surface area contributed by atoms with E-state index in [4.69, 9.17) is 22.1 Å². The number of anilines is 1. The molecule has 0 spiro atoms. The van der Waals surface area contributed by atoms with Gasteiger partial charge in [0.1, 0.15) is 12.4 Å². The van der Waals surface area contributed by atoms with Crippen molar-refractivity contribution in [2.75, 3.05) is 18.9 Å². The van der Waals surface area contributed by atoms with Crippen molar-refractivity contribution in [2.24, 2.45) is 0 Å². The predicted molar refractivity (Wildman–Crippen MR) is 82.5 cm³/mol. The Morgan fingerprint density at radius 3 is 2.90 bits per heavy atom. The van der Waals surface area contributed by atoms with Crippen molar-refractivity contribution in [3.8, 4) is 5.75 Å². The fourth-order valence-corrected chi connectivity index (χ4v) is 2.57. The van der Waals surface area contributed by atoms with Gasteiger partial charge in [-0.25, -0.2) is 0 Å². The predicted octanol–water partition coefficient (Wildman–Crippen LogP) is 2.96. The molecule has 1 heterocycles. The van der Waals surface area contributed by atoms with E-state index in [1.165, 1.54) is 0 Å². The number of benzene rings is 2. The highest BCUT2D eigenvalue weighted by molar-refractivity contribution is 6.34. The van der Waals surface area contributed by atoms with Gasteiger partial charge in [0, 0.05) is 17.8 Å². The Morgan fingerprint density at radius 1 is 1.24 bits per heavy atom. The van der Waals surface area contributed by atoms with Crippen LogP contribution in [0.1, 0.15) is 15.9 Å². The van der Waals surface area contributed by atoms with Gasteiger partial charge in [0.2, 0.25) is 0 Å². The van der Waals surface area contributed by atoms with E-state index in [0.717, 1.165) is 11.3 Å². The minimum atomic E-state index is -0.132. The SMILES string of the molecule is Nc1ccc(Cl)c(C(=O)N2CCOc3ccccc3C2)c1. The van der Waals surface area contributed by atoms with E-state index >= 15 is 0 Å². The summed E-state index contributed by atoms with van der Waals surface area (Å²) in [5, 5.41) is 0.410. The molecule has 3 rings (SSSR count). The van der Waals surface area contributed by atoms with Gasteiger partial charge in [-0.15, -0.1) is 0 Å². The second-order valence-electron chi connectivity index (χ2n) is 4.92. The quantitative estimate of drug-likeness (QED) is 0.824. The minimum Gasteiger partial charge on any atom is -0.491 e. The zero-order valence-corrected chi connectivity index (χ0v) is 12.1. The Kier molecular flexibility index (Phi) is 3.71. The molecule has 0 fully saturated rings. The molecule has 0 bridgehead atoms. The van der Waals surface area contributed by atoms with Crippen LogP contribution in [0, 0.1) is 0 Å². The molecular formula is C16H15ClN2O2. The van der Waals surface area contributed by atoms with Gasteiger partial charge >= 0.3 is 0 Å². The highest BCUT2D eigenvalue weighted by Crippen LogP contribution is 2.25. The van der Waals surface area contributed by atoms with Crippen molar-refractivity contribution >= 4 is 23.2 Å². The van der Waals surface area contributed by atoms with Gasteiger partial charge in [0.25, 0.3) is 5.91 Å². The van der Waals surface area contributed by atoms with E-state index in [2.05, 4.69) is 0 Å². The summed E-state index contributed by atoms with van der Waals surface area (Å²) < 4.78 is 5.67. The van der Waals surface area contributed by atoms with Crippen molar-refractivity contribution in [3.63, 3.8) is 0 Å². The van der Waals surface area contributed by atoms with Gasteiger partial charge < -0.3 is 15.4 Å². The third kappa shape index (κ3) is 2.81. The lowest BCUT2D eigenvalue weighted by Crippen LogP contribution is -2.32. The highest BCUT2D eigenvalue weighted by atomic mass is 35.5. The summed E-state index contributed by atoms with van der Waals surface area (Å²) in [5.41, 5.74) is 7.69. The van der Waals surface area contributed by atoms with Gasteiger partial charge in [0.15, 0.2) is 0 Å². The van der Waals surface area contributed by atoms with E-state index < -0.39 is 0 Å². The molecule has 1 aliphatic rings. The van der Waals surface area contributed by atoms with Crippen LogP contribution in [0.3, 0.4) is 0 Å². The van der Waals surface area contributed by atoms with Crippen molar-refractivity contribution in [1.82, 2.24) is 4.90 Å². The van der Waals surface area contributed by atoms with Gasteiger partial charge in [0.05, 0.1) is 17.1 Å². The summed E-state index contributed by atoms with van der Waals surface area (Å²) in [6.45, 7) is 1.47. The smallest absolute Gasteiger partial charge is 0.255 e. The van der Waals surface area contributed by atoms with Gasteiger partial charge in [-0.1, -0.05) is 29.8 Å². The molecular weight excluding hydrogens is 288 g/mol. The number of halogens is 1. The lowest BCUT2D eigenvalue weighted by atomic mass is 10.1. The molecule has 0 aliphatic carbocycles. The van der Waals surface area contributed by atoms with E-state index in [0.29, 0.717) is 36.0 Å². The topological polar surface area (TPSA) is 55.6 Å². The number of carbonyl (C=O) groups excluding carboxylic acids is 1. The number of nitrogens with zero attached hydrogens (tertiary/aromatic N) is 1. The van der Waals surface area contributed by atoms with Gasteiger partial charge in [-0.05, 0) is 24.3 Å². The number of hydrogen-bond donors (Lipinski definition) is 1. The molecule has 108 valence electrons. The second-order valence-corrected chi connectivity index (χ2v) is 5.33. The van der Waals surface area contributed by atoms with Crippen LogP contribution >= 0.6 is 11.6 Å². The first-order valence-corrected chi connectivity index (χ1v) is 7.08. The summed E-state index contributed by atoms with van der Waals surface area (Å²) in [6, 6.07) is 12.7. The first-order valence-electron chi connectivity index (χ1n) is 6.70. The lowest BCUT2D eigenvalue weighted by molar-refractivity contribution is 0.0733. The number of rotatable bonds is 1. The number of carbonyl (C=O) groups is 1. The Morgan fingerprint density at radius 2 is 2.05 bits per heavy atom. The molecule has 2 aromatic carbocycles. The van der Waals surface area contributed by atoms with E-state index in [1.807, 2.05) is 24.3 Å². The fourth-order valence-electron chi connectivity index (χ4n) is 2.38. The molecule has 21 heavy (non-hydrogen) atoms. The van der Waals surface area contributed by atoms with E-state index in [9.17, 15) is 4.79 Å². The third-order valence-corrected chi connectivity index (χ3v) is 3.79. The maximum Gasteiger partial charge on any atom is 0.255 e. The molecule has 0 aromatic heterocycles. The van der Waals surface area contributed by atoms with Crippen LogP contribution < -0.4 is 10.5 Å². The average molecular weight is 303 g/mol. The lowest BCUT2D eigenvalue weighted by Gasteiger charge is -2.20. The Bertz CT molecular complexity index is 688. The zero-order chi connectivity index (χ0) is 14.8. The number of ether oxygens (including phenoxy) is 1. The number of nitrogens with two attached hydrogens (primary N) is 1. The summed E-state index contributed by atoms with van der Waals surface area (Å²) in [6.07, 6.45) is 0. The maximum absolute atomic E-state index is 12.7. The number of para-hydroxylation sites is 1. The monoisotopic (exact) mass is 302 g/mol. The molecule has 0 unspecified atom stereocenters. The first-order chi connectivity index (χ1) is 10.1. The molecule has 0 atom stereocenters. The summed E-state index contributed by atoms with van der Waals surface area (Å²) in [7, 11) is 0. The Labute approximate surface area is 128 Å². The number of hydrogen-bond acceptors (Lipinski definition) is 3. The molecule has 2 aromatic rings. The highest BCUT2D eigenvalue weighted by Gasteiger charge is 2.22. The van der Waals surface area contributed by atoms with Gasteiger partial charge in [-0.2, -0.15) is 0 Å². The fraction of sp³-hybridized carbons (Fsp3) is 0.188. The number of nitrogen functional groups attached to an aromatic ring is 1. The van der Waals surface area contributed by atoms with Crippen LogP contribution in [0.15, 0.2) is 42.5 Å². The Hall–Kier alpha value is -2.20. The molecule has 4 nitrogen and oxygen atoms in total. The Balaban J connectivity index is 1.90. The van der Waals surface area contributed by atoms with E-state index in [1.54, 1.807) is 23.1 Å². The van der Waals surface area contributed by atoms with Crippen LogP contribution in [-0.2, 0) is 6.54 Å². The van der Waals surface area contributed by atoms with Crippen LogP contribution in [-0.4, -0.2) is 24.0 Å². The average Bonchev–Trinajstić information content (AvgIpc) is 2.71. The normalized spacial score (nSPS) is 14.0. The summed E-state index contributed by atoms with van der Waals surface area (Å²) in [5.74, 6) is 0.694. The van der Waals surface area contributed by atoms with Crippen LogP contribution in [0.4, 0.5) is 5.69 Å². The van der Waals surface area contributed by atoms with E-state index in [-0.39, 0.29) is 5.91 Å². The summed E-state index contributed by atoms with van der Waals surface area (Å²) >= 11 is 6.12. The first kappa shape index (κ1) is 13.8. The van der Waals surface area contributed by atoms with Crippen LogP contribution in [0.5, 0.6) is 5.75 Å². The minimum absolute atomic E-state index is 0.132. The molecule has 0 saturated heterocycles. The van der Waals surface area contributed by atoms with Crippen molar-refractivity contribution in [2.45, 2.75) is 6.54 Å². The third-order valence-electron chi connectivity index (χ3n) is 3.46. The second kappa shape index (κ2) is 5.66. The number of fused-ring (bicyclic) bond motifs is 1. The van der Waals surface area contributed by atoms with Crippen molar-refractivity contribution in [1.29, 1.82) is 0 Å². The maximum atomic E-state index is 12.7. The van der Waals surface area contributed by atoms with Gasteiger partial charge in [-0.3, -0.25) is 4.79 Å². The molecule has 5 heteroatoms. The number of amides is 1. The molecule has 1 amide bonds. The standard InChI is InChI=1S/C16H15ClN2O2/c17-14-6-5-12(18)9-13(14)16(20)19-7-8-21-15-4-2-1-3-11(15)10-19/h1-6,9H,7-8,10,18H2. The molecule has 2 N–H and O–H groups in total. The zero-order valence-electron chi connectivity index (χ0n) is 11.4. The summed E-state index contributed by atoms with van der Waals surface area (Å²) in [4.78, 5) is 14.4. The largest absolute Gasteiger partial charge is 0.491 e. The van der Waals surface area contributed by atoms with Crippen molar-refractivity contribution < 1.29 is 9.53 Å². The van der Waals surface area contributed by atoms with Crippen molar-refractivity contribution in [3.05, 3.63) is 58.6 Å². The molecule has 0 saturated carbocycles. The molecule has 1 aliphatic heterocycles. The molecule has 0 radical (unpaired) electrons. The van der Waals surface area contributed by atoms with Crippen LogP contribution in [0.25, 0.3) is 0 Å².